The predicted octanol–water partition coefficient (Wildman–Crippen LogP) is 1.95. The zero-order valence-corrected chi connectivity index (χ0v) is 15.9. The van der Waals surface area contributed by atoms with E-state index in [2.05, 4.69) is 5.32 Å². The average Bonchev–Trinajstić information content (AvgIpc) is 2.56. The van der Waals surface area contributed by atoms with Gasteiger partial charge in [-0.3, -0.25) is 4.79 Å². The van der Waals surface area contributed by atoms with Crippen molar-refractivity contribution in [2.45, 2.75) is 51.3 Å². The molecule has 0 saturated carbocycles. The molecule has 0 radical (unpaired) electrons. The number of hydrogen-bond donors (Lipinski definition) is 2. The molecule has 6 heteroatoms. The van der Waals surface area contributed by atoms with Crippen LogP contribution < -0.4 is 14.8 Å². The Morgan fingerprint density at radius 1 is 1.28 bits per heavy atom. The first-order valence-corrected chi connectivity index (χ1v) is 8.67. The fourth-order valence-corrected chi connectivity index (χ4v) is 3.08. The molecule has 0 spiro atoms. The number of benzene rings is 1. The molecule has 1 fully saturated rings. The molecule has 1 aliphatic rings. The van der Waals surface area contributed by atoms with Crippen molar-refractivity contribution in [3.63, 3.8) is 0 Å². The number of methoxy groups -OCH3 is 2. The van der Waals surface area contributed by atoms with Gasteiger partial charge in [0.2, 0.25) is 0 Å². The molecular formula is C19H30N2O4. The lowest BCUT2D eigenvalue weighted by Gasteiger charge is -2.40. The van der Waals surface area contributed by atoms with Crippen LogP contribution in [-0.4, -0.2) is 54.4 Å². The highest BCUT2D eigenvalue weighted by molar-refractivity contribution is 5.86. The van der Waals surface area contributed by atoms with E-state index >= 15 is 0 Å². The Labute approximate surface area is 150 Å². The topological polar surface area (TPSA) is 71.0 Å². The van der Waals surface area contributed by atoms with E-state index in [0.29, 0.717) is 31.0 Å². The number of amides is 1. The Balaban J connectivity index is 2.16. The molecule has 2 N–H and O–H groups in total. The molecule has 1 aromatic carbocycles. The molecule has 0 aromatic heterocycles. The Hall–Kier alpha value is -1.79. The molecule has 1 atom stereocenters. The summed E-state index contributed by atoms with van der Waals surface area (Å²) in [5.74, 6) is 1.02. The van der Waals surface area contributed by atoms with Crippen molar-refractivity contribution in [3.8, 4) is 11.5 Å². The summed E-state index contributed by atoms with van der Waals surface area (Å²) in [6, 6.07) is 5.61. The zero-order chi connectivity index (χ0) is 18.7. The van der Waals surface area contributed by atoms with Gasteiger partial charge in [-0.25, -0.2) is 0 Å². The Morgan fingerprint density at radius 2 is 2.00 bits per heavy atom. The molecule has 6 nitrogen and oxygen atoms in total. The smallest absolute Gasteiger partial charge is 0.256 e. The number of nitrogens with zero attached hydrogens (tertiary/aromatic N) is 1. The van der Waals surface area contributed by atoms with Crippen LogP contribution >= 0.6 is 0 Å². The highest BCUT2D eigenvalue weighted by atomic mass is 16.5. The van der Waals surface area contributed by atoms with Crippen molar-refractivity contribution in [3.05, 3.63) is 23.8 Å². The Morgan fingerprint density at radius 3 is 2.60 bits per heavy atom. The van der Waals surface area contributed by atoms with E-state index in [4.69, 9.17) is 9.47 Å². The highest BCUT2D eigenvalue weighted by Crippen LogP contribution is 2.33. The monoisotopic (exact) mass is 350 g/mol. The number of nitrogens with one attached hydrogen (secondary N) is 1. The summed E-state index contributed by atoms with van der Waals surface area (Å²) in [6.07, 6.45) is 1.24. The Kier molecular flexibility index (Phi) is 5.95. The van der Waals surface area contributed by atoms with Gasteiger partial charge in [0.15, 0.2) is 17.1 Å². The van der Waals surface area contributed by atoms with Gasteiger partial charge in [-0.15, -0.1) is 0 Å². The third kappa shape index (κ3) is 4.64. The summed E-state index contributed by atoms with van der Waals surface area (Å²) in [7, 11) is 3.17. The van der Waals surface area contributed by atoms with Crippen molar-refractivity contribution in [2.75, 3.05) is 27.3 Å². The highest BCUT2D eigenvalue weighted by Gasteiger charge is 2.42. The maximum absolute atomic E-state index is 12.9. The van der Waals surface area contributed by atoms with Gasteiger partial charge in [0.05, 0.1) is 14.2 Å². The average molecular weight is 350 g/mol. The fourth-order valence-electron chi connectivity index (χ4n) is 3.08. The van der Waals surface area contributed by atoms with Gasteiger partial charge in [-0.1, -0.05) is 12.1 Å². The fraction of sp³-hybridized carbons (Fsp3) is 0.632. The number of aliphatic hydroxyl groups is 1. The first-order chi connectivity index (χ1) is 11.7. The molecule has 0 aliphatic carbocycles. The molecular weight excluding hydrogens is 320 g/mol. The van der Waals surface area contributed by atoms with Crippen molar-refractivity contribution in [1.29, 1.82) is 0 Å². The molecule has 1 aromatic rings. The molecule has 0 bridgehead atoms. The molecule has 1 saturated heterocycles. The van der Waals surface area contributed by atoms with Crippen LogP contribution in [0.25, 0.3) is 0 Å². The summed E-state index contributed by atoms with van der Waals surface area (Å²) in [5.41, 5.74) is -0.658. The SMILES string of the molecule is COc1cccc(CN2CCC[C@@](O)(CNC(C)(C)C)C2=O)c1OC. The second-order valence-corrected chi connectivity index (χ2v) is 7.62. The number of likely N-dealkylation sites (tertiary alicyclic amines) is 1. The van der Waals surface area contributed by atoms with Crippen LogP contribution in [0.2, 0.25) is 0 Å². The van der Waals surface area contributed by atoms with Crippen LogP contribution in [0.1, 0.15) is 39.2 Å². The number of carbonyl (C=O) groups excluding carboxylic acids is 1. The number of hydrogen-bond acceptors (Lipinski definition) is 5. The minimum atomic E-state index is -1.36. The first-order valence-electron chi connectivity index (χ1n) is 8.67. The summed E-state index contributed by atoms with van der Waals surface area (Å²) in [4.78, 5) is 14.6. The zero-order valence-electron chi connectivity index (χ0n) is 15.9. The molecule has 2 rings (SSSR count). The lowest BCUT2D eigenvalue weighted by Crippen LogP contribution is -2.59. The third-order valence-corrected chi connectivity index (χ3v) is 4.46. The number of piperidine rings is 1. The maximum atomic E-state index is 12.9. The second-order valence-electron chi connectivity index (χ2n) is 7.62. The summed E-state index contributed by atoms with van der Waals surface area (Å²) in [6.45, 7) is 7.31. The minimum Gasteiger partial charge on any atom is -0.493 e. The van der Waals surface area contributed by atoms with E-state index in [0.717, 1.165) is 12.0 Å². The lowest BCUT2D eigenvalue weighted by atomic mass is 9.90. The van der Waals surface area contributed by atoms with Crippen molar-refractivity contribution >= 4 is 5.91 Å². The van der Waals surface area contributed by atoms with Gasteiger partial charge in [0, 0.05) is 30.7 Å². The van der Waals surface area contributed by atoms with E-state index in [1.54, 1.807) is 19.1 Å². The molecule has 1 amide bonds. The van der Waals surface area contributed by atoms with Crippen LogP contribution in [0.4, 0.5) is 0 Å². The van der Waals surface area contributed by atoms with Gasteiger partial charge in [-0.05, 0) is 39.7 Å². The molecule has 1 aliphatic heterocycles. The van der Waals surface area contributed by atoms with Crippen molar-refractivity contribution < 1.29 is 19.4 Å². The van der Waals surface area contributed by atoms with E-state index in [9.17, 15) is 9.90 Å². The number of carbonyl (C=O) groups is 1. The molecule has 25 heavy (non-hydrogen) atoms. The van der Waals surface area contributed by atoms with E-state index in [-0.39, 0.29) is 18.0 Å². The minimum absolute atomic E-state index is 0.158. The first kappa shape index (κ1) is 19.5. The van der Waals surface area contributed by atoms with Crippen LogP contribution in [0.3, 0.4) is 0 Å². The van der Waals surface area contributed by atoms with Crippen molar-refractivity contribution in [2.24, 2.45) is 0 Å². The van der Waals surface area contributed by atoms with Crippen molar-refractivity contribution in [1.82, 2.24) is 10.2 Å². The largest absolute Gasteiger partial charge is 0.493 e. The second kappa shape index (κ2) is 7.62. The number of ether oxygens (including phenoxy) is 2. The standard InChI is InChI=1S/C19H30N2O4/c1-18(2,3)20-13-19(23)10-7-11-21(17(19)22)12-14-8-6-9-15(24-4)16(14)25-5/h6,8-9,20,23H,7,10-13H2,1-5H3/t19-/m1/s1. The number of para-hydroxylation sites is 1. The Bertz CT molecular complexity index is 612. The summed E-state index contributed by atoms with van der Waals surface area (Å²) >= 11 is 0. The summed E-state index contributed by atoms with van der Waals surface area (Å²) < 4.78 is 10.8. The van der Waals surface area contributed by atoms with Gasteiger partial charge >= 0.3 is 0 Å². The molecule has 0 unspecified atom stereocenters. The van der Waals surface area contributed by atoms with Gasteiger partial charge in [0.1, 0.15) is 0 Å². The third-order valence-electron chi connectivity index (χ3n) is 4.46. The van der Waals surface area contributed by atoms with Gasteiger partial charge in [0.25, 0.3) is 5.91 Å². The molecule has 140 valence electrons. The number of β-amino-alcohol motifs (C(OH)–C–C–N with tert-alkyl or cyclic N) is 1. The van der Waals surface area contributed by atoms with E-state index in [1.165, 1.54) is 0 Å². The van der Waals surface area contributed by atoms with Crippen LogP contribution in [0.15, 0.2) is 18.2 Å². The molecule has 1 heterocycles. The summed E-state index contributed by atoms with van der Waals surface area (Å²) in [5, 5.41) is 14.1. The number of rotatable bonds is 6. The van der Waals surface area contributed by atoms with Gasteiger partial charge in [-0.2, -0.15) is 0 Å². The normalized spacial score (nSPS) is 21.4. The van der Waals surface area contributed by atoms with Crippen LogP contribution in [-0.2, 0) is 11.3 Å². The lowest BCUT2D eigenvalue weighted by molar-refractivity contribution is -0.157. The van der Waals surface area contributed by atoms with Crippen LogP contribution in [0, 0.1) is 0 Å². The van der Waals surface area contributed by atoms with E-state index < -0.39 is 5.60 Å². The van der Waals surface area contributed by atoms with E-state index in [1.807, 2.05) is 39.0 Å². The predicted molar refractivity (Wildman–Crippen MR) is 96.9 cm³/mol. The quantitative estimate of drug-likeness (QED) is 0.820. The maximum Gasteiger partial charge on any atom is 0.256 e. The van der Waals surface area contributed by atoms with Gasteiger partial charge < -0.3 is 24.8 Å². The van der Waals surface area contributed by atoms with Crippen LogP contribution in [0.5, 0.6) is 11.5 Å².